The number of amides is 2. The Morgan fingerprint density at radius 1 is 1.42 bits per heavy atom. The predicted octanol–water partition coefficient (Wildman–Crippen LogP) is 3.49. The monoisotopic (exact) mass is 395 g/mol. The SMILES string of the molecule is COc1ccc(CNC(=O)NC(C)Cc2c(C)noc2C)cc1Br. The number of methoxy groups -OCH3 is 1. The van der Waals surface area contributed by atoms with Crippen LogP contribution in [0.1, 0.15) is 29.5 Å². The number of urea groups is 1. The average Bonchev–Trinajstić information content (AvgIpc) is 2.85. The number of hydrogen-bond donors (Lipinski definition) is 2. The highest BCUT2D eigenvalue weighted by molar-refractivity contribution is 9.10. The molecule has 0 fully saturated rings. The van der Waals surface area contributed by atoms with Crippen LogP contribution >= 0.6 is 15.9 Å². The second-order valence-corrected chi connectivity index (χ2v) is 6.56. The molecule has 2 amide bonds. The second-order valence-electron chi connectivity index (χ2n) is 5.70. The summed E-state index contributed by atoms with van der Waals surface area (Å²) in [6.07, 6.45) is 0.683. The van der Waals surface area contributed by atoms with E-state index in [4.69, 9.17) is 9.26 Å². The van der Waals surface area contributed by atoms with Crippen molar-refractivity contribution in [2.75, 3.05) is 7.11 Å². The van der Waals surface area contributed by atoms with Crippen LogP contribution in [-0.2, 0) is 13.0 Å². The topological polar surface area (TPSA) is 76.4 Å². The van der Waals surface area contributed by atoms with E-state index in [-0.39, 0.29) is 12.1 Å². The molecule has 0 radical (unpaired) electrons. The Morgan fingerprint density at radius 2 is 2.17 bits per heavy atom. The van der Waals surface area contributed by atoms with Crippen LogP contribution in [0.15, 0.2) is 27.2 Å². The fourth-order valence-electron chi connectivity index (χ4n) is 2.43. The Labute approximate surface area is 150 Å². The van der Waals surface area contributed by atoms with E-state index in [0.29, 0.717) is 13.0 Å². The molecule has 0 spiro atoms. The smallest absolute Gasteiger partial charge is 0.315 e. The number of carbonyl (C=O) groups excluding carboxylic acids is 1. The van der Waals surface area contributed by atoms with Gasteiger partial charge in [-0.05, 0) is 60.8 Å². The summed E-state index contributed by atoms with van der Waals surface area (Å²) < 4.78 is 11.2. The van der Waals surface area contributed by atoms with E-state index >= 15 is 0 Å². The molecule has 0 saturated carbocycles. The molecule has 0 aliphatic heterocycles. The molecule has 7 heteroatoms. The van der Waals surface area contributed by atoms with Crippen molar-refractivity contribution in [3.63, 3.8) is 0 Å². The molecule has 2 rings (SSSR count). The van der Waals surface area contributed by atoms with Gasteiger partial charge in [0.1, 0.15) is 11.5 Å². The summed E-state index contributed by atoms with van der Waals surface area (Å²) in [4.78, 5) is 12.0. The molecule has 0 saturated heterocycles. The van der Waals surface area contributed by atoms with Crippen molar-refractivity contribution in [3.05, 3.63) is 45.3 Å². The third-order valence-corrected chi connectivity index (χ3v) is 4.36. The molecule has 130 valence electrons. The summed E-state index contributed by atoms with van der Waals surface area (Å²) in [6, 6.07) is 5.47. The maximum atomic E-state index is 12.0. The number of nitrogens with zero attached hydrogens (tertiary/aromatic N) is 1. The first-order valence-corrected chi connectivity index (χ1v) is 8.48. The number of aryl methyl sites for hydroxylation is 2. The van der Waals surface area contributed by atoms with Gasteiger partial charge in [-0.1, -0.05) is 11.2 Å². The maximum absolute atomic E-state index is 12.0. The minimum Gasteiger partial charge on any atom is -0.496 e. The quantitative estimate of drug-likeness (QED) is 0.784. The third kappa shape index (κ3) is 4.74. The van der Waals surface area contributed by atoms with Crippen molar-refractivity contribution < 1.29 is 14.1 Å². The number of carbonyl (C=O) groups is 1. The van der Waals surface area contributed by atoms with Gasteiger partial charge in [0, 0.05) is 18.2 Å². The maximum Gasteiger partial charge on any atom is 0.315 e. The fourth-order valence-corrected chi connectivity index (χ4v) is 3.02. The third-order valence-electron chi connectivity index (χ3n) is 3.74. The van der Waals surface area contributed by atoms with Crippen LogP contribution in [0, 0.1) is 13.8 Å². The van der Waals surface area contributed by atoms with Gasteiger partial charge in [0.2, 0.25) is 0 Å². The second kappa shape index (κ2) is 8.19. The molecule has 0 bridgehead atoms. The summed E-state index contributed by atoms with van der Waals surface area (Å²) in [7, 11) is 1.62. The van der Waals surface area contributed by atoms with E-state index in [0.717, 1.165) is 32.8 Å². The molecular weight excluding hydrogens is 374 g/mol. The fraction of sp³-hybridized carbons (Fsp3) is 0.412. The van der Waals surface area contributed by atoms with Crippen LogP contribution in [0.3, 0.4) is 0 Å². The zero-order chi connectivity index (χ0) is 17.7. The lowest BCUT2D eigenvalue weighted by molar-refractivity contribution is 0.237. The van der Waals surface area contributed by atoms with Crippen LogP contribution in [0.2, 0.25) is 0 Å². The van der Waals surface area contributed by atoms with E-state index < -0.39 is 0 Å². The van der Waals surface area contributed by atoms with Crippen molar-refractivity contribution in [2.24, 2.45) is 0 Å². The summed E-state index contributed by atoms with van der Waals surface area (Å²) in [6.45, 7) is 6.17. The molecule has 1 atom stereocenters. The highest BCUT2D eigenvalue weighted by Crippen LogP contribution is 2.25. The van der Waals surface area contributed by atoms with Gasteiger partial charge in [-0.15, -0.1) is 0 Å². The van der Waals surface area contributed by atoms with Crippen LogP contribution in [-0.4, -0.2) is 24.3 Å². The van der Waals surface area contributed by atoms with Crippen molar-refractivity contribution in [1.82, 2.24) is 15.8 Å². The Morgan fingerprint density at radius 3 is 2.75 bits per heavy atom. The van der Waals surface area contributed by atoms with E-state index in [2.05, 4.69) is 31.7 Å². The zero-order valence-corrected chi connectivity index (χ0v) is 15.9. The lowest BCUT2D eigenvalue weighted by atomic mass is 10.1. The van der Waals surface area contributed by atoms with Crippen LogP contribution in [0.4, 0.5) is 4.79 Å². The number of ether oxygens (including phenoxy) is 1. The standard InChI is InChI=1S/C17H22BrN3O3/c1-10(7-14-11(2)21-24-12(14)3)20-17(22)19-9-13-5-6-16(23-4)15(18)8-13/h5-6,8,10H,7,9H2,1-4H3,(H2,19,20,22). The lowest BCUT2D eigenvalue weighted by Crippen LogP contribution is -2.41. The number of hydrogen-bond acceptors (Lipinski definition) is 4. The minimum atomic E-state index is -0.207. The van der Waals surface area contributed by atoms with Gasteiger partial charge >= 0.3 is 6.03 Å². The summed E-state index contributed by atoms with van der Waals surface area (Å²) >= 11 is 3.43. The zero-order valence-electron chi connectivity index (χ0n) is 14.3. The van der Waals surface area contributed by atoms with Crippen molar-refractivity contribution in [1.29, 1.82) is 0 Å². The summed E-state index contributed by atoms with van der Waals surface area (Å²) in [5, 5.41) is 9.71. The van der Waals surface area contributed by atoms with Gasteiger partial charge in [0.05, 0.1) is 17.3 Å². The van der Waals surface area contributed by atoms with Crippen molar-refractivity contribution in [3.8, 4) is 5.75 Å². The largest absolute Gasteiger partial charge is 0.496 e. The lowest BCUT2D eigenvalue weighted by Gasteiger charge is -2.15. The summed E-state index contributed by atoms with van der Waals surface area (Å²) in [5.41, 5.74) is 2.89. The molecular formula is C17H22BrN3O3. The van der Waals surface area contributed by atoms with Gasteiger partial charge in [-0.25, -0.2) is 4.79 Å². The molecule has 1 heterocycles. The van der Waals surface area contributed by atoms with Crippen molar-refractivity contribution >= 4 is 22.0 Å². The molecule has 1 unspecified atom stereocenters. The number of benzene rings is 1. The minimum absolute atomic E-state index is 0.0237. The van der Waals surface area contributed by atoms with Crippen molar-refractivity contribution in [2.45, 2.75) is 39.8 Å². The summed E-state index contributed by atoms with van der Waals surface area (Å²) in [5.74, 6) is 1.56. The van der Waals surface area contributed by atoms with E-state index in [9.17, 15) is 4.79 Å². The predicted molar refractivity (Wildman–Crippen MR) is 95.2 cm³/mol. The number of halogens is 1. The molecule has 0 aliphatic carbocycles. The first kappa shape index (κ1) is 18.3. The van der Waals surface area contributed by atoms with Crippen LogP contribution in [0.5, 0.6) is 5.75 Å². The number of rotatable bonds is 6. The first-order valence-electron chi connectivity index (χ1n) is 7.69. The molecule has 6 nitrogen and oxygen atoms in total. The molecule has 2 aromatic rings. The molecule has 1 aromatic heterocycles. The van der Waals surface area contributed by atoms with Crippen LogP contribution in [0.25, 0.3) is 0 Å². The van der Waals surface area contributed by atoms with Gasteiger partial charge in [0.15, 0.2) is 0 Å². The first-order chi connectivity index (χ1) is 11.4. The molecule has 1 aromatic carbocycles. The van der Waals surface area contributed by atoms with Gasteiger partial charge in [0.25, 0.3) is 0 Å². The van der Waals surface area contributed by atoms with E-state index in [1.165, 1.54) is 0 Å². The Hall–Kier alpha value is -2.02. The normalized spacial score (nSPS) is 11.9. The molecule has 0 aliphatic rings. The highest BCUT2D eigenvalue weighted by atomic mass is 79.9. The van der Waals surface area contributed by atoms with E-state index in [1.54, 1.807) is 7.11 Å². The Kier molecular flexibility index (Phi) is 6.25. The molecule has 24 heavy (non-hydrogen) atoms. The van der Waals surface area contributed by atoms with Crippen LogP contribution < -0.4 is 15.4 Å². The number of nitrogens with one attached hydrogen (secondary N) is 2. The Balaban J connectivity index is 1.83. The van der Waals surface area contributed by atoms with Gasteiger partial charge in [-0.2, -0.15) is 0 Å². The average molecular weight is 396 g/mol. The van der Waals surface area contributed by atoms with E-state index in [1.807, 2.05) is 39.0 Å². The highest BCUT2D eigenvalue weighted by Gasteiger charge is 2.14. The van der Waals surface area contributed by atoms with Gasteiger partial charge < -0.3 is 19.9 Å². The van der Waals surface area contributed by atoms with Gasteiger partial charge in [-0.3, -0.25) is 0 Å². The number of aromatic nitrogens is 1. The molecule has 2 N–H and O–H groups in total. The Bertz CT molecular complexity index is 696.